The van der Waals surface area contributed by atoms with Gasteiger partial charge < -0.3 is 5.73 Å². The van der Waals surface area contributed by atoms with Gasteiger partial charge in [0.1, 0.15) is 0 Å². The first kappa shape index (κ1) is 9.28. The van der Waals surface area contributed by atoms with E-state index in [0.717, 1.165) is 18.4 Å². The summed E-state index contributed by atoms with van der Waals surface area (Å²) in [6.45, 7) is 0. The number of fused-ring (bicyclic) bond motifs is 1. The van der Waals surface area contributed by atoms with Crippen molar-refractivity contribution in [1.82, 2.24) is 0 Å². The van der Waals surface area contributed by atoms with Crippen molar-refractivity contribution in [2.75, 3.05) is 0 Å². The molecule has 1 nitrogen and oxygen atoms in total. The van der Waals surface area contributed by atoms with Gasteiger partial charge in [-0.25, -0.2) is 8.78 Å². The highest BCUT2D eigenvalue weighted by Crippen LogP contribution is 2.64. The molecule has 2 aliphatic rings. The minimum absolute atomic E-state index is 0.368. The van der Waals surface area contributed by atoms with Crippen LogP contribution in [0.3, 0.4) is 0 Å². The molecule has 2 unspecified atom stereocenters. The molecule has 2 aliphatic carbocycles. The largest absolute Gasteiger partial charge is 0.321 e. The van der Waals surface area contributed by atoms with E-state index in [-0.39, 0.29) is 5.54 Å². The molecule has 0 bridgehead atoms. The summed E-state index contributed by atoms with van der Waals surface area (Å²) < 4.78 is 25.9. The fourth-order valence-corrected chi connectivity index (χ4v) is 3.19. The van der Waals surface area contributed by atoms with Gasteiger partial charge >= 0.3 is 0 Å². The second-order valence-electron chi connectivity index (χ2n) is 4.71. The highest BCUT2D eigenvalue weighted by atomic mass is 19.2. The molecule has 2 N–H and O–H groups in total. The first-order valence-corrected chi connectivity index (χ1v) is 5.38. The molecule has 0 saturated heterocycles. The van der Waals surface area contributed by atoms with E-state index in [1.54, 1.807) is 6.07 Å². The fraction of sp³-hybridized carbons (Fsp3) is 0.500. The molecule has 15 heavy (non-hydrogen) atoms. The SMILES string of the molecule is NC1(c2ccc(F)c(F)c2)C2CCCC21. The van der Waals surface area contributed by atoms with Crippen molar-refractivity contribution in [3.8, 4) is 0 Å². The third-order valence-electron chi connectivity index (χ3n) is 4.05. The maximum absolute atomic E-state index is 13.1. The van der Waals surface area contributed by atoms with Crippen LogP contribution in [0.25, 0.3) is 0 Å². The van der Waals surface area contributed by atoms with Crippen molar-refractivity contribution in [3.05, 3.63) is 35.4 Å². The Balaban J connectivity index is 1.97. The normalized spacial score (nSPS) is 37.8. The number of halogens is 2. The molecule has 0 spiro atoms. The summed E-state index contributed by atoms with van der Waals surface area (Å²) in [4.78, 5) is 0. The van der Waals surface area contributed by atoms with Crippen LogP contribution in [0.4, 0.5) is 8.78 Å². The number of hydrogen-bond acceptors (Lipinski definition) is 1. The van der Waals surface area contributed by atoms with Crippen molar-refractivity contribution in [1.29, 1.82) is 0 Å². The van der Waals surface area contributed by atoms with Gasteiger partial charge in [-0.3, -0.25) is 0 Å². The Morgan fingerprint density at radius 1 is 1.13 bits per heavy atom. The zero-order chi connectivity index (χ0) is 10.6. The second-order valence-corrected chi connectivity index (χ2v) is 4.71. The van der Waals surface area contributed by atoms with Crippen LogP contribution < -0.4 is 5.73 Å². The van der Waals surface area contributed by atoms with E-state index in [9.17, 15) is 8.78 Å². The standard InChI is InChI=1S/C12H13F2N/c13-10-5-4-7(6-11(10)14)12(15)8-2-1-3-9(8)12/h4-6,8-9H,1-3,15H2. The van der Waals surface area contributed by atoms with E-state index in [4.69, 9.17) is 5.73 Å². The van der Waals surface area contributed by atoms with Gasteiger partial charge in [0.25, 0.3) is 0 Å². The summed E-state index contributed by atoms with van der Waals surface area (Å²) in [5.41, 5.74) is 6.64. The molecule has 0 amide bonds. The molecule has 2 saturated carbocycles. The molecular weight excluding hydrogens is 196 g/mol. The lowest BCUT2D eigenvalue weighted by Crippen LogP contribution is -2.25. The molecule has 0 heterocycles. The molecular formula is C12H13F2N. The average molecular weight is 209 g/mol. The lowest BCUT2D eigenvalue weighted by molar-refractivity contribution is 0.491. The van der Waals surface area contributed by atoms with Gasteiger partial charge in [-0.1, -0.05) is 12.5 Å². The van der Waals surface area contributed by atoms with Crippen molar-refractivity contribution < 1.29 is 8.78 Å². The van der Waals surface area contributed by atoms with Gasteiger partial charge in [-0.15, -0.1) is 0 Å². The summed E-state index contributed by atoms with van der Waals surface area (Å²) in [5.74, 6) is -0.611. The molecule has 1 aromatic rings. The quantitative estimate of drug-likeness (QED) is 0.755. The average Bonchev–Trinajstić information content (AvgIpc) is 2.66. The van der Waals surface area contributed by atoms with E-state index in [0.29, 0.717) is 11.8 Å². The van der Waals surface area contributed by atoms with Gasteiger partial charge in [0.05, 0.1) is 0 Å². The summed E-state index contributed by atoms with van der Waals surface area (Å²) in [5, 5.41) is 0. The molecule has 0 aromatic heterocycles. The summed E-state index contributed by atoms with van der Waals surface area (Å²) in [7, 11) is 0. The Hall–Kier alpha value is -0.960. The lowest BCUT2D eigenvalue weighted by Gasteiger charge is -2.15. The maximum Gasteiger partial charge on any atom is 0.159 e. The van der Waals surface area contributed by atoms with Crippen LogP contribution in [0.1, 0.15) is 24.8 Å². The van der Waals surface area contributed by atoms with Crippen LogP contribution in [0.15, 0.2) is 18.2 Å². The number of hydrogen-bond donors (Lipinski definition) is 1. The molecule has 3 heteroatoms. The summed E-state index contributed by atoms with van der Waals surface area (Å²) >= 11 is 0. The van der Waals surface area contributed by atoms with E-state index in [2.05, 4.69) is 0 Å². The van der Waals surface area contributed by atoms with E-state index < -0.39 is 11.6 Å². The zero-order valence-corrected chi connectivity index (χ0v) is 8.34. The summed E-state index contributed by atoms with van der Waals surface area (Å²) in [6, 6.07) is 4.05. The van der Waals surface area contributed by atoms with Gasteiger partial charge in [0.15, 0.2) is 11.6 Å². The molecule has 0 aliphatic heterocycles. The molecule has 2 atom stereocenters. The summed E-state index contributed by atoms with van der Waals surface area (Å²) in [6.07, 6.45) is 3.47. The highest BCUT2D eigenvalue weighted by Gasteiger charge is 2.64. The number of benzene rings is 1. The Kier molecular flexibility index (Phi) is 1.72. The van der Waals surface area contributed by atoms with Gasteiger partial charge in [0.2, 0.25) is 0 Å². The Morgan fingerprint density at radius 3 is 2.40 bits per heavy atom. The van der Waals surface area contributed by atoms with Crippen molar-refractivity contribution in [2.45, 2.75) is 24.8 Å². The van der Waals surface area contributed by atoms with E-state index in [1.165, 1.54) is 18.6 Å². The van der Waals surface area contributed by atoms with Gasteiger partial charge in [-0.2, -0.15) is 0 Å². The monoisotopic (exact) mass is 209 g/mol. The predicted molar refractivity (Wildman–Crippen MR) is 53.1 cm³/mol. The van der Waals surface area contributed by atoms with Crippen molar-refractivity contribution >= 4 is 0 Å². The van der Waals surface area contributed by atoms with E-state index in [1.807, 2.05) is 0 Å². The molecule has 2 fully saturated rings. The minimum Gasteiger partial charge on any atom is -0.321 e. The third kappa shape index (κ3) is 1.10. The van der Waals surface area contributed by atoms with Crippen molar-refractivity contribution in [3.63, 3.8) is 0 Å². The molecule has 1 aromatic carbocycles. The number of nitrogens with two attached hydrogens (primary N) is 1. The maximum atomic E-state index is 13.1. The first-order chi connectivity index (χ1) is 7.14. The molecule has 3 rings (SSSR count). The lowest BCUT2D eigenvalue weighted by atomic mass is 9.97. The van der Waals surface area contributed by atoms with Crippen LogP contribution >= 0.6 is 0 Å². The van der Waals surface area contributed by atoms with Crippen LogP contribution in [0.2, 0.25) is 0 Å². The smallest absolute Gasteiger partial charge is 0.159 e. The zero-order valence-electron chi connectivity index (χ0n) is 8.34. The van der Waals surface area contributed by atoms with Crippen LogP contribution in [-0.4, -0.2) is 0 Å². The van der Waals surface area contributed by atoms with Crippen LogP contribution in [0.5, 0.6) is 0 Å². The van der Waals surface area contributed by atoms with Gasteiger partial charge in [-0.05, 0) is 42.4 Å². The van der Waals surface area contributed by atoms with Crippen LogP contribution in [-0.2, 0) is 5.54 Å². The second kappa shape index (κ2) is 2.79. The molecule has 0 radical (unpaired) electrons. The third-order valence-corrected chi connectivity index (χ3v) is 4.05. The number of rotatable bonds is 1. The fourth-order valence-electron chi connectivity index (χ4n) is 3.19. The van der Waals surface area contributed by atoms with E-state index >= 15 is 0 Å². The van der Waals surface area contributed by atoms with Crippen molar-refractivity contribution in [2.24, 2.45) is 17.6 Å². The predicted octanol–water partition coefficient (Wildman–Crippen LogP) is 2.55. The first-order valence-electron chi connectivity index (χ1n) is 5.38. The minimum atomic E-state index is -0.798. The Bertz CT molecular complexity index is 406. The highest BCUT2D eigenvalue weighted by molar-refractivity contribution is 5.36. The Morgan fingerprint density at radius 2 is 1.80 bits per heavy atom. The van der Waals surface area contributed by atoms with Crippen LogP contribution in [0, 0.1) is 23.5 Å². The topological polar surface area (TPSA) is 26.0 Å². The van der Waals surface area contributed by atoms with Gasteiger partial charge in [0, 0.05) is 5.54 Å². The molecule has 80 valence electrons. The Labute approximate surface area is 87.3 Å².